The number of benzene rings is 1. The number of carbonyl (C=O) groups is 3. The van der Waals surface area contributed by atoms with Gasteiger partial charge < -0.3 is 29.2 Å². The molecule has 5 rings (SSSR count). The summed E-state index contributed by atoms with van der Waals surface area (Å²) < 4.78 is 18.3. The summed E-state index contributed by atoms with van der Waals surface area (Å²) in [5.74, 6) is 1.01. The molecule has 6 atom stereocenters. The van der Waals surface area contributed by atoms with E-state index in [0.717, 1.165) is 74.1 Å². The summed E-state index contributed by atoms with van der Waals surface area (Å²) >= 11 is 0. The van der Waals surface area contributed by atoms with Crippen molar-refractivity contribution < 1.29 is 28.6 Å². The van der Waals surface area contributed by atoms with Crippen LogP contribution in [0.4, 0.5) is 4.79 Å². The molecule has 1 aromatic carbocycles. The van der Waals surface area contributed by atoms with Crippen LogP contribution in [-0.2, 0) is 20.7 Å². The highest BCUT2D eigenvalue weighted by atomic mass is 16.6. The summed E-state index contributed by atoms with van der Waals surface area (Å²) in [7, 11) is 1.63. The Balaban J connectivity index is 1.54. The Morgan fingerprint density at radius 2 is 1.91 bits per heavy atom. The molecule has 2 aliphatic heterocycles. The highest BCUT2D eigenvalue weighted by molar-refractivity contribution is 5.89. The third kappa shape index (κ3) is 6.52. The minimum absolute atomic E-state index is 0.222. The normalized spacial score (nSPS) is 30.3. The van der Waals surface area contributed by atoms with E-state index in [1.165, 1.54) is 0 Å². The predicted molar refractivity (Wildman–Crippen MR) is 169 cm³/mol. The van der Waals surface area contributed by atoms with Crippen LogP contribution in [0.3, 0.4) is 0 Å². The van der Waals surface area contributed by atoms with E-state index in [4.69, 9.17) is 19.2 Å². The van der Waals surface area contributed by atoms with Crippen molar-refractivity contribution in [2.45, 2.75) is 116 Å². The second kappa shape index (κ2) is 12.9. The van der Waals surface area contributed by atoms with E-state index in [1.807, 2.05) is 52.8 Å². The number of alkyl carbamates (subject to hydrolysis) is 1. The number of aldehydes is 1. The molecule has 44 heavy (non-hydrogen) atoms. The molecule has 3 aliphatic rings. The fourth-order valence-corrected chi connectivity index (χ4v) is 7.52. The van der Waals surface area contributed by atoms with Crippen LogP contribution in [0.1, 0.15) is 91.5 Å². The first-order valence-electron chi connectivity index (χ1n) is 16.4. The van der Waals surface area contributed by atoms with Crippen molar-refractivity contribution >= 4 is 29.2 Å². The zero-order valence-corrected chi connectivity index (χ0v) is 27.2. The second-order valence-electron chi connectivity index (χ2n) is 14.2. The van der Waals surface area contributed by atoms with E-state index in [9.17, 15) is 14.4 Å². The number of rotatable bonds is 3. The molecule has 240 valence electrons. The average molecular weight is 608 g/mol. The van der Waals surface area contributed by atoms with Crippen molar-refractivity contribution in [1.82, 2.24) is 15.2 Å². The molecule has 1 saturated carbocycles. The van der Waals surface area contributed by atoms with E-state index in [-0.39, 0.29) is 24.3 Å². The summed E-state index contributed by atoms with van der Waals surface area (Å²) in [6.07, 6.45) is 8.18. The first-order chi connectivity index (χ1) is 21.0. The fourth-order valence-electron chi connectivity index (χ4n) is 7.52. The molecule has 2 bridgehead atoms. The van der Waals surface area contributed by atoms with Crippen LogP contribution in [-0.4, -0.2) is 65.6 Å². The smallest absolute Gasteiger partial charge is 0.408 e. The highest BCUT2D eigenvalue weighted by Gasteiger charge is 2.49. The van der Waals surface area contributed by atoms with Crippen LogP contribution >= 0.6 is 0 Å². The van der Waals surface area contributed by atoms with Crippen molar-refractivity contribution in [2.24, 2.45) is 17.3 Å². The lowest BCUT2D eigenvalue weighted by molar-refractivity contribution is -0.139. The van der Waals surface area contributed by atoms with Crippen LogP contribution in [0.5, 0.6) is 11.6 Å². The SMILES string of the molecule is CC[C@@H]1[C@@H]2CN(C(=O)[C@H](C(C)(C)C)NC(=O)O[C@]3(C)CCC[C@H]3CCCCCc3cc4ccc(OC)cc4nc3O2)[C@@H]1C=O. The molecular formula is C35H49N3O6. The van der Waals surface area contributed by atoms with Gasteiger partial charge in [-0.1, -0.05) is 40.5 Å². The number of amides is 2. The van der Waals surface area contributed by atoms with Gasteiger partial charge in [-0.2, -0.15) is 0 Å². The lowest BCUT2D eigenvalue weighted by atomic mass is 9.85. The minimum Gasteiger partial charge on any atom is -0.497 e. The average Bonchev–Trinajstić information content (AvgIpc) is 3.52. The zero-order chi connectivity index (χ0) is 31.6. The van der Waals surface area contributed by atoms with E-state index < -0.39 is 35.3 Å². The maximum absolute atomic E-state index is 14.2. The molecule has 0 unspecified atom stereocenters. The number of nitrogens with zero attached hydrogens (tertiary/aromatic N) is 2. The maximum Gasteiger partial charge on any atom is 0.408 e. The van der Waals surface area contributed by atoms with Gasteiger partial charge in [0.15, 0.2) is 0 Å². The Bertz CT molecular complexity index is 1370. The molecule has 1 saturated heterocycles. The zero-order valence-electron chi connectivity index (χ0n) is 27.2. The minimum atomic E-state index is -0.877. The highest BCUT2D eigenvalue weighted by Crippen LogP contribution is 2.42. The number of pyridine rings is 1. The van der Waals surface area contributed by atoms with Crippen LogP contribution < -0.4 is 14.8 Å². The van der Waals surface area contributed by atoms with Gasteiger partial charge in [0, 0.05) is 22.9 Å². The molecule has 1 N–H and O–H groups in total. The molecule has 1 aliphatic carbocycles. The second-order valence-corrected chi connectivity index (χ2v) is 14.2. The number of methoxy groups -OCH3 is 1. The van der Waals surface area contributed by atoms with Gasteiger partial charge in [0.05, 0.1) is 25.2 Å². The van der Waals surface area contributed by atoms with E-state index in [2.05, 4.69) is 11.4 Å². The van der Waals surface area contributed by atoms with Crippen molar-refractivity contribution in [2.75, 3.05) is 13.7 Å². The number of hydrogen-bond donors (Lipinski definition) is 1. The molecule has 3 heterocycles. The Hall–Kier alpha value is -3.36. The lowest BCUT2D eigenvalue weighted by Gasteiger charge is -2.37. The molecule has 2 fully saturated rings. The first kappa shape index (κ1) is 32.0. The Morgan fingerprint density at radius 1 is 1.14 bits per heavy atom. The largest absolute Gasteiger partial charge is 0.497 e. The molecule has 2 aromatic rings. The van der Waals surface area contributed by atoms with Crippen molar-refractivity contribution in [3.05, 3.63) is 29.8 Å². The quantitative estimate of drug-likeness (QED) is 0.412. The van der Waals surface area contributed by atoms with E-state index >= 15 is 0 Å². The molecule has 1 aromatic heterocycles. The van der Waals surface area contributed by atoms with Crippen LogP contribution in [0.25, 0.3) is 10.9 Å². The monoisotopic (exact) mass is 607 g/mol. The number of ether oxygens (including phenoxy) is 3. The van der Waals surface area contributed by atoms with Gasteiger partial charge in [0.25, 0.3) is 0 Å². The van der Waals surface area contributed by atoms with Gasteiger partial charge in [-0.05, 0) is 81.4 Å². The van der Waals surface area contributed by atoms with Gasteiger partial charge in [-0.3, -0.25) is 4.79 Å². The van der Waals surface area contributed by atoms with Gasteiger partial charge in [0.1, 0.15) is 29.8 Å². The molecule has 0 radical (unpaired) electrons. The number of nitrogens with one attached hydrogen (secondary N) is 1. The Morgan fingerprint density at radius 3 is 2.61 bits per heavy atom. The number of carbonyl (C=O) groups excluding carboxylic acids is 3. The standard InChI is InChI=1S/C35H49N3O6/c1-7-26-28(21-39)38-20-29(26)43-31-23(18-22-15-16-25(42-6)19-27(22)36-31)12-9-8-10-13-24-14-11-17-35(24,5)44-33(41)37-30(32(38)40)34(2,3)4/h15-16,18-19,21,24,26,28-30H,7-14,17,20H2,1-6H3,(H,37,41)/t24-,26+,28-,29+,30-,35-/m1/s1. The van der Waals surface area contributed by atoms with Crippen molar-refractivity contribution in [3.63, 3.8) is 0 Å². The number of hydrogen-bond acceptors (Lipinski definition) is 7. The van der Waals surface area contributed by atoms with Gasteiger partial charge >= 0.3 is 6.09 Å². The molecule has 0 spiro atoms. The Labute approximate surface area is 261 Å². The fraction of sp³-hybridized carbons (Fsp3) is 0.657. The van der Waals surface area contributed by atoms with Crippen LogP contribution in [0.2, 0.25) is 0 Å². The van der Waals surface area contributed by atoms with Crippen LogP contribution in [0, 0.1) is 17.3 Å². The third-order valence-electron chi connectivity index (χ3n) is 10.2. The van der Waals surface area contributed by atoms with Gasteiger partial charge in [-0.25, -0.2) is 9.78 Å². The lowest BCUT2D eigenvalue weighted by Crippen LogP contribution is -2.57. The van der Waals surface area contributed by atoms with E-state index in [0.29, 0.717) is 18.1 Å². The molecule has 9 nitrogen and oxygen atoms in total. The van der Waals surface area contributed by atoms with Crippen LogP contribution in [0.15, 0.2) is 24.3 Å². The summed E-state index contributed by atoms with van der Waals surface area (Å²) in [5, 5.41) is 3.94. The number of aryl methyl sites for hydroxylation is 1. The summed E-state index contributed by atoms with van der Waals surface area (Å²) in [6, 6.07) is 6.45. The topological polar surface area (TPSA) is 107 Å². The van der Waals surface area contributed by atoms with Crippen molar-refractivity contribution in [3.8, 4) is 11.6 Å². The molecule has 2 amide bonds. The number of fused-ring (bicyclic) bond motifs is 5. The van der Waals surface area contributed by atoms with E-state index in [1.54, 1.807) is 12.0 Å². The van der Waals surface area contributed by atoms with Crippen molar-refractivity contribution in [1.29, 1.82) is 0 Å². The summed E-state index contributed by atoms with van der Waals surface area (Å²) in [5.41, 5.74) is 0.614. The summed E-state index contributed by atoms with van der Waals surface area (Å²) in [4.78, 5) is 46.7. The van der Waals surface area contributed by atoms with Gasteiger partial charge in [0.2, 0.25) is 11.8 Å². The maximum atomic E-state index is 14.2. The number of aromatic nitrogens is 1. The van der Waals surface area contributed by atoms with Gasteiger partial charge in [-0.15, -0.1) is 0 Å². The predicted octanol–water partition coefficient (Wildman–Crippen LogP) is 6.24. The summed E-state index contributed by atoms with van der Waals surface area (Å²) in [6.45, 7) is 10.0. The molecule has 9 heteroatoms. The third-order valence-corrected chi connectivity index (χ3v) is 10.2. The molecular weight excluding hydrogens is 558 g/mol. The Kier molecular flexibility index (Phi) is 9.42. The first-order valence-corrected chi connectivity index (χ1v) is 16.4.